The van der Waals surface area contributed by atoms with E-state index in [-0.39, 0.29) is 12.4 Å². The molecule has 0 radical (unpaired) electrons. The van der Waals surface area contributed by atoms with Crippen LogP contribution in [0, 0.1) is 0 Å². The van der Waals surface area contributed by atoms with E-state index in [1.54, 1.807) is 11.3 Å². The van der Waals surface area contributed by atoms with Gasteiger partial charge in [-0.15, -0.1) is 23.7 Å². The van der Waals surface area contributed by atoms with Crippen LogP contribution in [-0.4, -0.2) is 11.0 Å². The zero-order valence-electron chi connectivity index (χ0n) is 6.70. The van der Waals surface area contributed by atoms with E-state index in [4.69, 9.17) is 0 Å². The van der Waals surface area contributed by atoms with Crippen LogP contribution in [0.4, 0.5) is 0 Å². The number of aromatic nitrogens is 1. The molecule has 1 heterocycles. The molecular formula is C7H13ClN2S. The van der Waals surface area contributed by atoms with Crippen LogP contribution in [0.2, 0.25) is 0 Å². The fourth-order valence-electron chi connectivity index (χ4n) is 0.634. The van der Waals surface area contributed by atoms with Crippen molar-refractivity contribution in [2.45, 2.75) is 26.4 Å². The summed E-state index contributed by atoms with van der Waals surface area (Å²) in [6, 6.07) is 0.558. The lowest BCUT2D eigenvalue weighted by atomic mass is 10.4. The Kier molecular flexibility index (Phi) is 5.46. The molecular weight excluding hydrogens is 180 g/mol. The molecule has 1 aromatic heterocycles. The lowest BCUT2D eigenvalue weighted by molar-refractivity contribution is 0.593. The predicted molar refractivity (Wildman–Crippen MR) is 51.3 cm³/mol. The first-order chi connectivity index (χ1) is 4.79. The van der Waals surface area contributed by atoms with E-state index >= 15 is 0 Å². The maximum atomic E-state index is 3.98. The maximum absolute atomic E-state index is 3.98. The highest BCUT2D eigenvalue weighted by Gasteiger charge is 1.94. The van der Waals surface area contributed by atoms with Crippen LogP contribution in [0.5, 0.6) is 0 Å². The minimum absolute atomic E-state index is 0. The van der Waals surface area contributed by atoms with Gasteiger partial charge in [-0.3, -0.25) is 4.98 Å². The van der Waals surface area contributed by atoms with Gasteiger partial charge in [0, 0.05) is 23.7 Å². The quantitative estimate of drug-likeness (QED) is 0.793. The van der Waals surface area contributed by atoms with Crippen LogP contribution < -0.4 is 5.32 Å². The molecule has 11 heavy (non-hydrogen) atoms. The standard InChI is InChI=1S/C7H12N2S.ClH/c1-6(2)9-4-7-3-8-5-10-7;/h3,5-6,9H,4H2,1-2H3;1H. The van der Waals surface area contributed by atoms with Crippen molar-refractivity contribution in [3.8, 4) is 0 Å². The molecule has 0 spiro atoms. The molecule has 0 saturated carbocycles. The Hall–Kier alpha value is -0.120. The molecule has 1 N–H and O–H groups in total. The Labute approximate surface area is 77.5 Å². The lowest BCUT2D eigenvalue weighted by Gasteiger charge is -2.04. The maximum Gasteiger partial charge on any atom is 0.0794 e. The fraction of sp³-hybridized carbons (Fsp3) is 0.571. The van der Waals surface area contributed by atoms with Crippen LogP contribution in [0.15, 0.2) is 11.7 Å². The minimum Gasteiger partial charge on any atom is -0.310 e. The summed E-state index contributed by atoms with van der Waals surface area (Å²) in [5.41, 5.74) is 1.86. The first-order valence-corrected chi connectivity index (χ1v) is 4.28. The van der Waals surface area contributed by atoms with E-state index in [9.17, 15) is 0 Å². The summed E-state index contributed by atoms with van der Waals surface area (Å²) >= 11 is 1.69. The molecule has 0 unspecified atom stereocenters. The highest BCUT2D eigenvalue weighted by Crippen LogP contribution is 2.04. The second-order valence-corrected chi connectivity index (χ2v) is 3.47. The molecule has 64 valence electrons. The minimum atomic E-state index is 0. The average molecular weight is 193 g/mol. The van der Waals surface area contributed by atoms with Crippen molar-refractivity contribution in [3.63, 3.8) is 0 Å². The molecule has 0 amide bonds. The van der Waals surface area contributed by atoms with Gasteiger partial charge in [0.1, 0.15) is 0 Å². The fourth-order valence-corrected chi connectivity index (χ4v) is 1.18. The number of hydrogen-bond acceptors (Lipinski definition) is 3. The van der Waals surface area contributed by atoms with E-state index < -0.39 is 0 Å². The molecule has 2 nitrogen and oxygen atoms in total. The van der Waals surface area contributed by atoms with E-state index in [0.717, 1.165) is 6.54 Å². The predicted octanol–water partition coefficient (Wildman–Crippen LogP) is 2.06. The SMILES string of the molecule is CC(C)NCc1cncs1.Cl. The monoisotopic (exact) mass is 192 g/mol. The van der Waals surface area contributed by atoms with Crippen LogP contribution in [0.1, 0.15) is 18.7 Å². The van der Waals surface area contributed by atoms with Crippen LogP contribution in [-0.2, 0) is 6.54 Å². The average Bonchev–Trinajstić information content (AvgIpc) is 2.34. The zero-order valence-corrected chi connectivity index (χ0v) is 8.34. The highest BCUT2D eigenvalue weighted by atomic mass is 35.5. The molecule has 0 bridgehead atoms. The molecule has 0 atom stereocenters. The third-order valence-corrected chi connectivity index (χ3v) is 1.95. The summed E-state index contributed by atoms with van der Waals surface area (Å²) < 4.78 is 0. The van der Waals surface area contributed by atoms with Crippen molar-refractivity contribution < 1.29 is 0 Å². The van der Waals surface area contributed by atoms with Crippen LogP contribution in [0.3, 0.4) is 0 Å². The molecule has 0 saturated heterocycles. The van der Waals surface area contributed by atoms with Crippen LogP contribution >= 0.6 is 23.7 Å². The third kappa shape index (κ3) is 4.35. The smallest absolute Gasteiger partial charge is 0.0794 e. The second-order valence-electron chi connectivity index (χ2n) is 2.50. The second kappa shape index (κ2) is 5.52. The molecule has 1 rings (SSSR count). The molecule has 0 fully saturated rings. The number of nitrogens with zero attached hydrogens (tertiary/aromatic N) is 1. The Morgan fingerprint density at radius 3 is 2.82 bits per heavy atom. The summed E-state index contributed by atoms with van der Waals surface area (Å²) in [5, 5.41) is 3.32. The van der Waals surface area contributed by atoms with Gasteiger partial charge < -0.3 is 5.32 Å². The first-order valence-electron chi connectivity index (χ1n) is 3.40. The van der Waals surface area contributed by atoms with E-state index in [0.29, 0.717) is 6.04 Å². The summed E-state index contributed by atoms with van der Waals surface area (Å²) in [6.45, 7) is 5.23. The lowest BCUT2D eigenvalue weighted by Crippen LogP contribution is -2.21. The first kappa shape index (κ1) is 10.9. The van der Waals surface area contributed by atoms with Crippen molar-refractivity contribution in [2.24, 2.45) is 0 Å². The van der Waals surface area contributed by atoms with Crippen molar-refractivity contribution >= 4 is 23.7 Å². The van der Waals surface area contributed by atoms with Crippen LogP contribution in [0.25, 0.3) is 0 Å². The van der Waals surface area contributed by atoms with Gasteiger partial charge in [-0.25, -0.2) is 0 Å². The van der Waals surface area contributed by atoms with Crippen molar-refractivity contribution in [2.75, 3.05) is 0 Å². The topological polar surface area (TPSA) is 24.9 Å². The van der Waals surface area contributed by atoms with Gasteiger partial charge in [-0.1, -0.05) is 13.8 Å². The Morgan fingerprint density at radius 1 is 1.64 bits per heavy atom. The van der Waals surface area contributed by atoms with Gasteiger partial charge in [-0.05, 0) is 0 Å². The molecule has 0 aliphatic rings. The zero-order chi connectivity index (χ0) is 7.40. The van der Waals surface area contributed by atoms with Crippen molar-refractivity contribution in [1.82, 2.24) is 10.3 Å². The van der Waals surface area contributed by atoms with E-state index in [2.05, 4.69) is 24.1 Å². The molecule has 4 heteroatoms. The van der Waals surface area contributed by atoms with Gasteiger partial charge in [-0.2, -0.15) is 0 Å². The van der Waals surface area contributed by atoms with Gasteiger partial charge in [0.2, 0.25) is 0 Å². The largest absolute Gasteiger partial charge is 0.310 e. The summed E-state index contributed by atoms with van der Waals surface area (Å²) in [6.07, 6.45) is 1.90. The summed E-state index contributed by atoms with van der Waals surface area (Å²) in [7, 11) is 0. The molecule has 0 aliphatic carbocycles. The Morgan fingerprint density at radius 2 is 2.36 bits per heavy atom. The van der Waals surface area contributed by atoms with Gasteiger partial charge in [0.25, 0.3) is 0 Å². The number of hydrogen-bond donors (Lipinski definition) is 1. The number of rotatable bonds is 3. The van der Waals surface area contributed by atoms with E-state index in [1.807, 2.05) is 11.7 Å². The Bertz CT molecular complexity index is 175. The summed E-state index contributed by atoms with van der Waals surface area (Å²) in [4.78, 5) is 5.28. The van der Waals surface area contributed by atoms with E-state index in [1.165, 1.54) is 4.88 Å². The number of nitrogens with one attached hydrogen (secondary N) is 1. The molecule has 0 aliphatic heterocycles. The number of thiazole rings is 1. The van der Waals surface area contributed by atoms with Crippen molar-refractivity contribution in [1.29, 1.82) is 0 Å². The summed E-state index contributed by atoms with van der Waals surface area (Å²) in [5.74, 6) is 0. The molecule has 1 aromatic rings. The van der Waals surface area contributed by atoms with Gasteiger partial charge in [0.05, 0.1) is 5.51 Å². The number of halogens is 1. The normalized spacial score (nSPS) is 9.73. The van der Waals surface area contributed by atoms with Crippen molar-refractivity contribution in [3.05, 3.63) is 16.6 Å². The third-order valence-electron chi connectivity index (χ3n) is 1.17. The van der Waals surface area contributed by atoms with Gasteiger partial charge in [0.15, 0.2) is 0 Å². The molecule has 0 aromatic carbocycles. The Balaban J connectivity index is 0.000001000. The highest BCUT2D eigenvalue weighted by molar-refractivity contribution is 7.09. The van der Waals surface area contributed by atoms with Gasteiger partial charge >= 0.3 is 0 Å².